The molecule has 1 aromatic rings. The summed E-state index contributed by atoms with van der Waals surface area (Å²) in [6.07, 6.45) is -0.473. The SMILES string of the molecule is O=C(NC(CCSCCO)C(=O)O)OCc1ccccc1. The van der Waals surface area contributed by atoms with Crippen molar-refractivity contribution < 1.29 is 24.5 Å². The molecule has 1 amide bonds. The van der Waals surface area contributed by atoms with E-state index in [2.05, 4.69) is 5.32 Å². The number of aliphatic carboxylic acids is 1. The molecule has 0 aliphatic carbocycles. The number of thioether (sulfide) groups is 1. The van der Waals surface area contributed by atoms with E-state index >= 15 is 0 Å². The van der Waals surface area contributed by atoms with E-state index in [1.54, 1.807) is 0 Å². The van der Waals surface area contributed by atoms with Gasteiger partial charge in [0.2, 0.25) is 0 Å². The summed E-state index contributed by atoms with van der Waals surface area (Å²) >= 11 is 1.43. The van der Waals surface area contributed by atoms with Crippen LogP contribution in [0.4, 0.5) is 4.79 Å². The van der Waals surface area contributed by atoms with Crippen molar-refractivity contribution in [1.29, 1.82) is 0 Å². The fourth-order valence-corrected chi connectivity index (χ4v) is 2.27. The second kappa shape index (κ2) is 10.1. The van der Waals surface area contributed by atoms with Crippen LogP contribution >= 0.6 is 11.8 Å². The number of nitrogens with one attached hydrogen (secondary N) is 1. The number of hydrogen-bond donors (Lipinski definition) is 3. The number of carboxylic acid groups (broad SMARTS) is 1. The standard InChI is InChI=1S/C14H19NO5S/c16-7-9-21-8-6-12(13(17)18)15-14(19)20-10-11-4-2-1-3-5-11/h1-5,12,16H,6-10H2,(H,15,19)(H,17,18). The Morgan fingerprint density at radius 3 is 2.57 bits per heavy atom. The minimum absolute atomic E-state index is 0.0505. The third-order valence-electron chi connectivity index (χ3n) is 2.59. The predicted octanol–water partition coefficient (Wildman–Crippen LogP) is 1.48. The first kappa shape index (κ1) is 17.3. The second-order valence-corrected chi connectivity index (χ2v) is 5.45. The van der Waals surface area contributed by atoms with Crippen molar-refractivity contribution in [2.75, 3.05) is 18.1 Å². The lowest BCUT2D eigenvalue weighted by molar-refractivity contribution is -0.139. The summed E-state index contributed by atoms with van der Waals surface area (Å²) in [5.41, 5.74) is 0.832. The number of amides is 1. The van der Waals surface area contributed by atoms with Gasteiger partial charge in [-0.05, 0) is 17.7 Å². The van der Waals surface area contributed by atoms with E-state index in [-0.39, 0.29) is 19.6 Å². The van der Waals surface area contributed by atoms with Crippen LogP contribution in [0.1, 0.15) is 12.0 Å². The number of aliphatic hydroxyl groups is 1. The molecule has 3 N–H and O–H groups in total. The molecule has 7 heteroatoms. The van der Waals surface area contributed by atoms with Crippen LogP contribution in [-0.2, 0) is 16.1 Å². The summed E-state index contributed by atoms with van der Waals surface area (Å²) < 4.78 is 4.98. The number of carboxylic acids is 1. The van der Waals surface area contributed by atoms with Crippen molar-refractivity contribution >= 4 is 23.8 Å². The number of ether oxygens (including phenoxy) is 1. The van der Waals surface area contributed by atoms with Gasteiger partial charge < -0.3 is 20.3 Å². The molecule has 0 spiro atoms. The zero-order valence-corrected chi connectivity index (χ0v) is 12.3. The maximum Gasteiger partial charge on any atom is 0.408 e. The summed E-state index contributed by atoms with van der Waals surface area (Å²) in [4.78, 5) is 22.6. The molecular weight excluding hydrogens is 294 g/mol. The molecule has 0 aromatic heterocycles. The Hall–Kier alpha value is -1.73. The average molecular weight is 313 g/mol. The molecule has 1 rings (SSSR count). The van der Waals surface area contributed by atoms with Crippen LogP contribution in [0.25, 0.3) is 0 Å². The van der Waals surface area contributed by atoms with E-state index in [0.717, 1.165) is 5.56 Å². The van der Waals surface area contributed by atoms with Gasteiger partial charge in [-0.15, -0.1) is 0 Å². The van der Waals surface area contributed by atoms with Gasteiger partial charge >= 0.3 is 12.1 Å². The monoisotopic (exact) mass is 313 g/mol. The van der Waals surface area contributed by atoms with E-state index in [1.165, 1.54) is 11.8 Å². The zero-order valence-electron chi connectivity index (χ0n) is 11.5. The first-order chi connectivity index (χ1) is 10.1. The van der Waals surface area contributed by atoms with Crippen LogP contribution in [0.2, 0.25) is 0 Å². The highest BCUT2D eigenvalue weighted by molar-refractivity contribution is 7.99. The maximum atomic E-state index is 11.6. The van der Waals surface area contributed by atoms with E-state index in [0.29, 0.717) is 11.5 Å². The van der Waals surface area contributed by atoms with Gasteiger partial charge in [0.05, 0.1) is 6.61 Å². The Bertz CT molecular complexity index is 440. The molecule has 116 valence electrons. The normalized spacial score (nSPS) is 11.7. The molecule has 21 heavy (non-hydrogen) atoms. The summed E-state index contributed by atoms with van der Waals surface area (Å²) in [5.74, 6) is -0.0161. The molecule has 0 heterocycles. The molecule has 6 nitrogen and oxygen atoms in total. The van der Waals surface area contributed by atoms with Gasteiger partial charge in [-0.25, -0.2) is 9.59 Å². The molecule has 0 aliphatic rings. The number of carbonyl (C=O) groups is 2. The van der Waals surface area contributed by atoms with Crippen LogP contribution in [-0.4, -0.2) is 46.4 Å². The van der Waals surface area contributed by atoms with Crippen molar-refractivity contribution in [3.8, 4) is 0 Å². The van der Waals surface area contributed by atoms with Crippen molar-refractivity contribution in [3.05, 3.63) is 35.9 Å². The Morgan fingerprint density at radius 1 is 1.24 bits per heavy atom. The third kappa shape index (κ3) is 7.57. The van der Waals surface area contributed by atoms with E-state index in [1.807, 2.05) is 30.3 Å². The van der Waals surface area contributed by atoms with Gasteiger partial charge in [-0.1, -0.05) is 30.3 Å². The Kier molecular flexibility index (Phi) is 8.30. The molecule has 1 atom stereocenters. The molecule has 0 saturated carbocycles. The topological polar surface area (TPSA) is 95.9 Å². The zero-order chi connectivity index (χ0) is 15.5. The fraction of sp³-hybridized carbons (Fsp3) is 0.429. The highest BCUT2D eigenvalue weighted by Crippen LogP contribution is 2.06. The molecule has 0 saturated heterocycles. The molecule has 0 fully saturated rings. The first-order valence-corrected chi connectivity index (χ1v) is 7.67. The maximum absolute atomic E-state index is 11.6. The first-order valence-electron chi connectivity index (χ1n) is 6.52. The van der Waals surface area contributed by atoms with E-state index < -0.39 is 18.1 Å². The van der Waals surface area contributed by atoms with Crippen molar-refractivity contribution in [2.45, 2.75) is 19.1 Å². The smallest absolute Gasteiger partial charge is 0.408 e. The Morgan fingerprint density at radius 2 is 1.95 bits per heavy atom. The highest BCUT2D eigenvalue weighted by Gasteiger charge is 2.20. The molecule has 0 radical (unpaired) electrons. The van der Waals surface area contributed by atoms with Gasteiger partial charge in [0.25, 0.3) is 0 Å². The third-order valence-corrected chi connectivity index (χ3v) is 3.59. The van der Waals surface area contributed by atoms with Crippen LogP contribution < -0.4 is 5.32 Å². The van der Waals surface area contributed by atoms with E-state index in [9.17, 15) is 9.59 Å². The van der Waals surface area contributed by atoms with Crippen LogP contribution in [0.3, 0.4) is 0 Å². The Labute approximate surface area is 127 Å². The lowest BCUT2D eigenvalue weighted by Crippen LogP contribution is -2.41. The lowest BCUT2D eigenvalue weighted by atomic mass is 10.2. The average Bonchev–Trinajstić information content (AvgIpc) is 2.49. The summed E-state index contributed by atoms with van der Waals surface area (Å²) in [5, 5.41) is 20.0. The van der Waals surface area contributed by atoms with Crippen LogP contribution in [0.5, 0.6) is 0 Å². The summed E-state index contributed by atoms with van der Waals surface area (Å²) in [7, 11) is 0. The number of benzene rings is 1. The minimum atomic E-state index is -1.10. The summed E-state index contributed by atoms with van der Waals surface area (Å²) in [6, 6.07) is 8.15. The van der Waals surface area contributed by atoms with Gasteiger partial charge in [-0.2, -0.15) is 11.8 Å². The number of carbonyl (C=O) groups excluding carboxylic acids is 1. The van der Waals surface area contributed by atoms with Crippen molar-refractivity contribution in [1.82, 2.24) is 5.32 Å². The van der Waals surface area contributed by atoms with Gasteiger partial charge in [0, 0.05) is 5.75 Å². The largest absolute Gasteiger partial charge is 0.480 e. The summed E-state index contributed by atoms with van der Waals surface area (Å²) in [6.45, 7) is 0.146. The highest BCUT2D eigenvalue weighted by atomic mass is 32.2. The van der Waals surface area contributed by atoms with Gasteiger partial charge in [-0.3, -0.25) is 0 Å². The predicted molar refractivity (Wildman–Crippen MR) is 80.2 cm³/mol. The molecular formula is C14H19NO5S. The second-order valence-electron chi connectivity index (χ2n) is 4.22. The van der Waals surface area contributed by atoms with Crippen LogP contribution in [0.15, 0.2) is 30.3 Å². The molecule has 0 aliphatic heterocycles. The molecule has 1 unspecified atom stereocenters. The number of aliphatic hydroxyl groups excluding tert-OH is 1. The molecule has 0 bridgehead atoms. The number of hydrogen-bond acceptors (Lipinski definition) is 5. The van der Waals surface area contributed by atoms with Crippen molar-refractivity contribution in [3.63, 3.8) is 0 Å². The van der Waals surface area contributed by atoms with Crippen molar-refractivity contribution in [2.24, 2.45) is 0 Å². The van der Waals surface area contributed by atoms with Gasteiger partial charge in [0.15, 0.2) is 0 Å². The quantitative estimate of drug-likeness (QED) is 0.598. The fourth-order valence-electron chi connectivity index (χ4n) is 1.53. The molecule has 1 aromatic carbocycles. The van der Waals surface area contributed by atoms with Crippen LogP contribution in [0, 0.1) is 0 Å². The lowest BCUT2D eigenvalue weighted by Gasteiger charge is -2.14. The minimum Gasteiger partial charge on any atom is -0.480 e. The van der Waals surface area contributed by atoms with E-state index in [4.69, 9.17) is 14.9 Å². The Balaban J connectivity index is 2.33. The number of rotatable bonds is 9. The number of alkyl carbamates (subject to hydrolysis) is 1. The van der Waals surface area contributed by atoms with Gasteiger partial charge in [0.1, 0.15) is 12.6 Å².